The SMILES string of the molecule is Cc1ccc(S(=O)(=O)Oc2ccc(/C=N\NC(=O)[C@H](Cc3ccccc3C)c3ccccc3)cc2)cc1. The van der Waals surface area contributed by atoms with Crippen LogP contribution in [0, 0.1) is 13.8 Å². The van der Waals surface area contributed by atoms with E-state index in [0.717, 1.165) is 22.3 Å². The summed E-state index contributed by atoms with van der Waals surface area (Å²) in [5.41, 5.74) is 7.43. The number of rotatable bonds is 9. The molecule has 0 unspecified atom stereocenters. The standard InChI is InChI=1S/C30H28N2O4S/c1-22-12-18-28(19-13-22)37(34,35)36-27-16-14-24(15-17-27)21-31-32-30(33)29(25-9-4-3-5-10-25)20-26-11-7-6-8-23(26)2/h3-19,21,29H,20H2,1-2H3,(H,32,33)/b31-21-/t29-/m1/s1. The number of benzene rings is 4. The Labute approximate surface area is 217 Å². The summed E-state index contributed by atoms with van der Waals surface area (Å²) < 4.78 is 30.2. The number of carbonyl (C=O) groups excluding carboxylic acids is 1. The van der Waals surface area contributed by atoms with Gasteiger partial charge in [-0.1, -0.05) is 72.3 Å². The van der Waals surface area contributed by atoms with Crippen molar-refractivity contribution in [2.24, 2.45) is 5.10 Å². The van der Waals surface area contributed by atoms with Crippen molar-refractivity contribution >= 4 is 22.2 Å². The highest BCUT2D eigenvalue weighted by Crippen LogP contribution is 2.23. The lowest BCUT2D eigenvalue weighted by Crippen LogP contribution is -2.27. The summed E-state index contributed by atoms with van der Waals surface area (Å²) in [6, 6.07) is 30.5. The Morgan fingerprint density at radius 3 is 2.19 bits per heavy atom. The largest absolute Gasteiger partial charge is 0.379 e. The molecule has 1 amide bonds. The Hall–Kier alpha value is -4.23. The molecule has 4 rings (SSSR count). The van der Waals surface area contributed by atoms with Gasteiger partial charge in [-0.25, -0.2) is 5.43 Å². The van der Waals surface area contributed by atoms with E-state index in [9.17, 15) is 13.2 Å². The fraction of sp³-hybridized carbons (Fsp3) is 0.133. The molecule has 37 heavy (non-hydrogen) atoms. The van der Waals surface area contributed by atoms with Crippen LogP contribution in [0.4, 0.5) is 0 Å². The molecule has 0 heterocycles. The first-order valence-electron chi connectivity index (χ1n) is 11.9. The second-order valence-electron chi connectivity index (χ2n) is 8.75. The molecule has 0 aromatic heterocycles. The molecule has 0 aliphatic rings. The van der Waals surface area contributed by atoms with E-state index >= 15 is 0 Å². The second kappa shape index (κ2) is 11.7. The Bertz CT molecular complexity index is 1480. The summed E-state index contributed by atoms with van der Waals surface area (Å²) in [5, 5.41) is 4.13. The molecule has 7 heteroatoms. The quantitative estimate of drug-likeness (QED) is 0.181. The Kier molecular flexibility index (Phi) is 8.15. The molecule has 1 N–H and O–H groups in total. The van der Waals surface area contributed by atoms with Crippen molar-refractivity contribution in [2.75, 3.05) is 0 Å². The van der Waals surface area contributed by atoms with Crippen LogP contribution in [0.2, 0.25) is 0 Å². The molecule has 188 valence electrons. The van der Waals surface area contributed by atoms with Gasteiger partial charge >= 0.3 is 10.1 Å². The van der Waals surface area contributed by atoms with Crippen molar-refractivity contribution in [1.29, 1.82) is 0 Å². The molecule has 0 bridgehead atoms. The lowest BCUT2D eigenvalue weighted by atomic mass is 9.90. The van der Waals surface area contributed by atoms with Crippen molar-refractivity contribution in [3.05, 3.63) is 131 Å². The van der Waals surface area contributed by atoms with Gasteiger partial charge in [0.2, 0.25) is 5.91 Å². The number of aryl methyl sites for hydroxylation is 2. The molecule has 0 saturated carbocycles. The Balaban J connectivity index is 1.42. The van der Waals surface area contributed by atoms with E-state index in [4.69, 9.17) is 4.18 Å². The van der Waals surface area contributed by atoms with E-state index < -0.39 is 16.0 Å². The lowest BCUT2D eigenvalue weighted by Gasteiger charge is -2.17. The first-order chi connectivity index (χ1) is 17.8. The Morgan fingerprint density at radius 1 is 0.865 bits per heavy atom. The van der Waals surface area contributed by atoms with E-state index in [-0.39, 0.29) is 16.6 Å². The van der Waals surface area contributed by atoms with E-state index in [1.54, 1.807) is 36.4 Å². The third kappa shape index (κ3) is 6.92. The van der Waals surface area contributed by atoms with Crippen molar-refractivity contribution in [2.45, 2.75) is 31.1 Å². The molecule has 0 aliphatic carbocycles. The normalized spacial score (nSPS) is 12.3. The third-order valence-corrected chi connectivity index (χ3v) is 7.25. The van der Waals surface area contributed by atoms with Crippen LogP contribution in [0.1, 0.15) is 33.7 Å². The van der Waals surface area contributed by atoms with E-state index in [1.807, 2.05) is 68.4 Å². The van der Waals surface area contributed by atoms with Crippen LogP contribution in [-0.2, 0) is 21.3 Å². The van der Waals surface area contributed by atoms with Crippen molar-refractivity contribution < 1.29 is 17.4 Å². The molecular weight excluding hydrogens is 484 g/mol. The van der Waals surface area contributed by atoms with E-state index in [2.05, 4.69) is 10.5 Å². The summed E-state index contributed by atoms with van der Waals surface area (Å²) in [5.74, 6) is -0.429. The maximum atomic E-state index is 13.1. The number of nitrogens with one attached hydrogen (secondary N) is 1. The van der Waals surface area contributed by atoms with Crippen LogP contribution in [0.5, 0.6) is 5.75 Å². The van der Waals surface area contributed by atoms with Gasteiger partial charge in [-0.3, -0.25) is 4.79 Å². The predicted octanol–water partition coefficient (Wildman–Crippen LogP) is 5.55. The minimum Gasteiger partial charge on any atom is -0.379 e. The second-order valence-corrected chi connectivity index (χ2v) is 10.3. The average Bonchev–Trinajstić information content (AvgIpc) is 2.90. The van der Waals surface area contributed by atoms with Gasteiger partial charge in [0.1, 0.15) is 10.6 Å². The minimum absolute atomic E-state index is 0.0881. The summed E-state index contributed by atoms with van der Waals surface area (Å²) in [4.78, 5) is 13.2. The van der Waals surface area contributed by atoms with Gasteiger partial charge in [0.15, 0.2) is 0 Å². The van der Waals surface area contributed by atoms with Crippen LogP contribution < -0.4 is 9.61 Å². The fourth-order valence-corrected chi connectivity index (χ4v) is 4.77. The summed E-state index contributed by atoms with van der Waals surface area (Å²) in [6.45, 7) is 3.92. The van der Waals surface area contributed by atoms with Crippen molar-refractivity contribution in [3.63, 3.8) is 0 Å². The highest BCUT2D eigenvalue weighted by molar-refractivity contribution is 7.87. The number of hydrazone groups is 1. The third-order valence-electron chi connectivity index (χ3n) is 5.99. The first kappa shape index (κ1) is 25.9. The molecule has 4 aromatic rings. The van der Waals surface area contributed by atoms with Crippen molar-refractivity contribution in [3.8, 4) is 5.75 Å². The van der Waals surface area contributed by atoms with Gasteiger partial charge in [-0.15, -0.1) is 0 Å². The zero-order valence-corrected chi connectivity index (χ0v) is 21.5. The van der Waals surface area contributed by atoms with Gasteiger partial charge in [0.05, 0.1) is 12.1 Å². The number of amides is 1. The summed E-state index contributed by atoms with van der Waals surface area (Å²) in [6.07, 6.45) is 2.06. The van der Waals surface area contributed by atoms with Gasteiger partial charge in [-0.2, -0.15) is 13.5 Å². The zero-order chi connectivity index (χ0) is 26.3. The van der Waals surface area contributed by atoms with Crippen molar-refractivity contribution in [1.82, 2.24) is 5.43 Å². The summed E-state index contributed by atoms with van der Waals surface area (Å²) >= 11 is 0. The van der Waals surface area contributed by atoms with Gasteiger partial charge in [-0.05, 0) is 78.9 Å². The highest BCUT2D eigenvalue weighted by atomic mass is 32.2. The molecule has 0 saturated heterocycles. The van der Waals surface area contributed by atoms with Crippen LogP contribution in [-0.4, -0.2) is 20.5 Å². The number of nitrogens with zero attached hydrogens (tertiary/aromatic N) is 1. The number of carbonyl (C=O) groups is 1. The highest BCUT2D eigenvalue weighted by Gasteiger charge is 2.21. The topological polar surface area (TPSA) is 84.8 Å². The fourth-order valence-electron chi connectivity index (χ4n) is 3.84. The molecule has 6 nitrogen and oxygen atoms in total. The predicted molar refractivity (Wildman–Crippen MR) is 145 cm³/mol. The molecule has 0 spiro atoms. The zero-order valence-electron chi connectivity index (χ0n) is 20.7. The van der Waals surface area contributed by atoms with E-state index in [0.29, 0.717) is 12.0 Å². The van der Waals surface area contributed by atoms with Crippen LogP contribution in [0.25, 0.3) is 0 Å². The molecular formula is C30H28N2O4S. The average molecular weight is 513 g/mol. The maximum Gasteiger partial charge on any atom is 0.339 e. The van der Waals surface area contributed by atoms with Gasteiger partial charge < -0.3 is 4.18 Å². The van der Waals surface area contributed by atoms with Gasteiger partial charge in [0.25, 0.3) is 0 Å². The molecule has 0 radical (unpaired) electrons. The first-order valence-corrected chi connectivity index (χ1v) is 13.3. The molecule has 4 aromatic carbocycles. The van der Waals surface area contributed by atoms with Crippen LogP contribution in [0.15, 0.2) is 113 Å². The van der Waals surface area contributed by atoms with Crippen LogP contribution in [0.3, 0.4) is 0 Å². The monoisotopic (exact) mass is 512 g/mol. The van der Waals surface area contributed by atoms with E-state index in [1.165, 1.54) is 18.3 Å². The van der Waals surface area contributed by atoms with Gasteiger partial charge in [0, 0.05) is 0 Å². The number of hydrogen-bond acceptors (Lipinski definition) is 5. The minimum atomic E-state index is -3.93. The molecule has 1 atom stereocenters. The number of hydrogen-bond donors (Lipinski definition) is 1. The smallest absolute Gasteiger partial charge is 0.339 e. The molecule has 0 fully saturated rings. The Morgan fingerprint density at radius 2 is 1.51 bits per heavy atom. The maximum absolute atomic E-state index is 13.1. The lowest BCUT2D eigenvalue weighted by molar-refractivity contribution is -0.122. The van der Waals surface area contributed by atoms with Crippen LogP contribution >= 0.6 is 0 Å². The molecule has 0 aliphatic heterocycles. The summed E-state index contributed by atoms with van der Waals surface area (Å²) in [7, 11) is -3.93.